The SMILES string of the molecule is Fc1c(F)c(F)c(OCc2c(F)c(F)c(COc3c(F)c(F)c(F)c(F)c3F)c(F)c2F)c(F)c1F. The summed E-state index contributed by atoms with van der Waals surface area (Å²) in [6.45, 7) is -3.69. The van der Waals surface area contributed by atoms with Crippen LogP contribution in [0.2, 0.25) is 0 Å². The largest absolute Gasteiger partial charge is 0.482 e. The van der Waals surface area contributed by atoms with Crippen molar-refractivity contribution in [3.05, 3.63) is 92.6 Å². The molecule has 0 N–H and O–H groups in total. The van der Waals surface area contributed by atoms with Gasteiger partial charge in [0.15, 0.2) is 34.8 Å². The van der Waals surface area contributed by atoms with Crippen molar-refractivity contribution in [3.63, 3.8) is 0 Å². The molecule has 0 unspecified atom stereocenters. The number of benzene rings is 3. The second-order valence-corrected chi connectivity index (χ2v) is 6.59. The molecule has 3 aromatic rings. The lowest BCUT2D eigenvalue weighted by Crippen LogP contribution is -2.15. The van der Waals surface area contributed by atoms with Crippen LogP contribution >= 0.6 is 0 Å². The number of halogens is 14. The van der Waals surface area contributed by atoms with E-state index in [0.717, 1.165) is 0 Å². The maximum absolute atomic E-state index is 14.3. The van der Waals surface area contributed by atoms with E-state index >= 15 is 0 Å². The smallest absolute Gasteiger partial charge is 0.207 e. The van der Waals surface area contributed by atoms with Crippen LogP contribution < -0.4 is 9.47 Å². The van der Waals surface area contributed by atoms with Gasteiger partial charge in [-0.3, -0.25) is 0 Å². The van der Waals surface area contributed by atoms with E-state index in [2.05, 4.69) is 9.47 Å². The summed E-state index contributed by atoms with van der Waals surface area (Å²) in [5.41, 5.74) is -3.57. The van der Waals surface area contributed by atoms with E-state index in [1.807, 2.05) is 0 Å². The number of hydrogen-bond donors (Lipinski definition) is 0. The molecule has 0 radical (unpaired) electrons. The minimum atomic E-state index is -2.61. The zero-order valence-corrected chi connectivity index (χ0v) is 16.5. The van der Waals surface area contributed by atoms with Gasteiger partial charge in [0.2, 0.25) is 58.2 Å². The molecule has 3 aromatic carbocycles. The Morgan fingerprint density at radius 1 is 0.278 bits per heavy atom. The summed E-state index contributed by atoms with van der Waals surface area (Å²) in [7, 11) is 0. The first-order chi connectivity index (χ1) is 16.7. The lowest BCUT2D eigenvalue weighted by atomic mass is 10.1. The van der Waals surface area contributed by atoms with Gasteiger partial charge in [-0.25, -0.2) is 43.9 Å². The van der Waals surface area contributed by atoms with Crippen molar-refractivity contribution < 1.29 is 70.9 Å². The third-order valence-corrected chi connectivity index (χ3v) is 4.51. The van der Waals surface area contributed by atoms with Crippen molar-refractivity contribution in [3.8, 4) is 11.5 Å². The van der Waals surface area contributed by atoms with Crippen LogP contribution in [-0.2, 0) is 13.2 Å². The minimum Gasteiger partial charge on any atom is -0.482 e. The zero-order chi connectivity index (χ0) is 27.2. The summed E-state index contributed by atoms with van der Waals surface area (Å²) in [5, 5.41) is 0. The summed E-state index contributed by atoms with van der Waals surface area (Å²) in [6.07, 6.45) is 0. The average Bonchev–Trinajstić information content (AvgIpc) is 2.86. The molecule has 0 amide bonds. The van der Waals surface area contributed by atoms with Crippen molar-refractivity contribution in [1.82, 2.24) is 0 Å². The fourth-order valence-corrected chi connectivity index (χ4v) is 2.69. The van der Waals surface area contributed by atoms with Crippen molar-refractivity contribution in [2.75, 3.05) is 0 Å². The van der Waals surface area contributed by atoms with Crippen LogP contribution in [0.5, 0.6) is 11.5 Å². The lowest BCUT2D eigenvalue weighted by molar-refractivity contribution is 0.232. The molecule has 0 bridgehead atoms. The highest BCUT2D eigenvalue weighted by atomic mass is 19.2. The average molecular weight is 542 g/mol. The van der Waals surface area contributed by atoms with Gasteiger partial charge in [-0.05, 0) is 0 Å². The second kappa shape index (κ2) is 9.73. The van der Waals surface area contributed by atoms with Crippen LogP contribution in [0, 0.1) is 81.4 Å². The molecule has 0 aliphatic carbocycles. The zero-order valence-electron chi connectivity index (χ0n) is 16.5. The Morgan fingerprint density at radius 2 is 0.472 bits per heavy atom. The summed E-state index contributed by atoms with van der Waals surface area (Å²) < 4.78 is 198. The van der Waals surface area contributed by atoms with E-state index in [0.29, 0.717) is 0 Å². The van der Waals surface area contributed by atoms with Gasteiger partial charge in [-0.2, -0.15) is 17.6 Å². The van der Waals surface area contributed by atoms with Gasteiger partial charge in [-0.1, -0.05) is 0 Å². The summed E-state index contributed by atoms with van der Waals surface area (Å²) in [4.78, 5) is 0. The molecule has 0 saturated heterocycles. The molecular weight excluding hydrogens is 538 g/mol. The van der Waals surface area contributed by atoms with Crippen LogP contribution in [0.15, 0.2) is 0 Å². The highest BCUT2D eigenvalue weighted by Gasteiger charge is 2.31. The first-order valence-electron chi connectivity index (χ1n) is 8.84. The Bertz CT molecular complexity index is 1200. The van der Waals surface area contributed by atoms with Crippen molar-refractivity contribution >= 4 is 0 Å². The van der Waals surface area contributed by atoms with E-state index in [1.165, 1.54) is 0 Å². The molecule has 0 spiro atoms. The number of ether oxygens (including phenoxy) is 2. The van der Waals surface area contributed by atoms with Crippen LogP contribution in [-0.4, -0.2) is 0 Å². The molecule has 194 valence electrons. The standard InChI is InChI=1S/C20H4F14O2/c21-5-3(1-35-19-15(31)11(27)9(25)12(28)16(19)32)6(22)8(24)4(7(5)23)2-36-20-17(33)13(29)10(26)14(30)18(20)34/h1-2H2. The normalized spacial score (nSPS) is 11.3. The molecule has 0 saturated carbocycles. The molecule has 0 heterocycles. The van der Waals surface area contributed by atoms with E-state index in [9.17, 15) is 61.5 Å². The van der Waals surface area contributed by atoms with E-state index in [-0.39, 0.29) is 0 Å². The highest BCUT2D eigenvalue weighted by Crippen LogP contribution is 2.33. The highest BCUT2D eigenvalue weighted by molar-refractivity contribution is 5.34. The minimum absolute atomic E-state index is 1.78. The molecule has 0 aliphatic heterocycles. The van der Waals surface area contributed by atoms with E-state index in [1.54, 1.807) is 0 Å². The number of hydrogen-bond acceptors (Lipinski definition) is 2. The molecule has 36 heavy (non-hydrogen) atoms. The van der Waals surface area contributed by atoms with Gasteiger partial charge in [-0.15, -0.1) is 0 Å². The van der Waals surface area contributed by atoms with Crippen LogP contribution in [0.25, 0.3) is 0 Å². The quantitative estimate of drug-likeness (QED) is 0.194. The van der Waals surface area contributed by atoms with Gasteiger partial charge >= 0.3 is 0 Å². The molecule has 0 aliphatic rings. The van der Waals surface area contributed by atoms with Crippen LogP contribution in [0.3, 0.4) is 0 Å². The van der Waals surface area contributed by atoms with Gasteiger partial charge in [0.1, 0.15) is 13.2 Å². The molecule has 0 fully saturated rings. The van der Waals surface area contributed by atoms with E-state index in [4.69, 9.17) is 0 Å². The van der Waals surface area contributed by atoms with Gasteiger partial charge in [0.25, 0.3) is 0 Å². The maximum Gasteiger partial charge on any atom is 0.207 e. The molecule has 0 aromatic heterocycles. The predicted octanol–water partition coefficient (Wildman–Crippen LogP) is 6.79. The third kappa shape index (κ3) is 4.24. The Balaban J connectivity index is 1.95. The third-order valence-electron chi connectivity index (χ3n) is 4.51. The topological polar surface area (TPSA) is 18.5 Å². The monoisotopic (exact) mass is 542 g/mol. The first-order valence-corrected chi connectivity index (χ1v) is 8.84. The molecule has 0 atom stereocenters. The second-order valence-electron chi connectivity index (χ2n) is 6.59. The fraction of sp³-hybridized carbons (Fsp3) is 0.100. The summed E-state index contributed by atoms with van der Waals surface area (Å²) >= 11 is 0. The van der Waals surface area contributed by atoms with Crippen molar-refractivity contribution in [1.29, 1.82) is 0 Å². The molecule has 2 nitrogen and oxygen atoms in total. The van der Waals surface area contributed by atoms with Gasteiger partial charge in [0, 0.05) is 0 Å². The van der Waals surface area contributed by atoms with Crippen LogP contribution in [0.1, 0.15) is 11.1 Å². The molecular formula is C20H4F14O2. The Labute approximate surface area is 189 Å². The molecule has 3 rings (SSSR count). The van der Waals surface area contributed by atoms with Crippen molar-refractivity contribution in [2.45, 2.75) is 13.2 Å². The summed E-state index contributed by atoms with van der Waals surface area (Å²) in [5.74, 6) is -39.2. The Kier molecular flexibility index (Phi) is 7.27. The lowest BCUT2D eigenvalue weighted by Gasteiger charge is -2.15. The Hall–Kier alpha value is -3.72. The summed E-state index contributed by atoms with van der Waals surface area (Å²) in [6, 6.07) is 0. The van der Waals surface area contributed by atoms with Crippen LogP contribution in [0.4, 0.5) is 61.5 Å². The van der Waals surface area contributed by atoms with E-state index < -0.39 is 117 Å². The predicted molar refractivity (Wildman–Crippen MR) is 87.4 cm³/mol. The van der Waals surface area contributed by atoms with Gasteiger partial charge < -0.3 is 9.47 Å². The fourth-order valence-electron chi connectivity index (χ4n) is 2.69. The number of rotatable bonds is 6. The Morgan fingerprint density at radius 3 is 0.694 bits per heavy atom. The first kappa shape index (κ1) is 26.9. The molecule has 16 heteroatoms. The van der Waals surface area contributed by atoms with Gasteiger partial charge in [0.05, 0.1) is 11.1 Å². The van der Waals surface area contributed by atoms with Crippen molar-refractivity contribution in [2.24, 2.45) is 0 Å². The maximum atomic E-state index is 14.3.